The molecule has 10 heteroatoms. The highest BCUT2D eigenvalue weighted by atomic mass is 16.6. The number of hydrogen-bond acceptors (Lipinski definition) is 7. The zero-order chi connectivity index (χ0) is 34.1. The van der Waals surface area contributed by atoms with Crippen molar-refractivity contribution in [3.8, 4) is 5.75 Å². The quantitative estimate of drug-likeness (QED) is 0.262. The second kappa shape index (κ2) is 15.8. The number of amides is 3. The summed E-state index contributed by atoms with van der Waals surface area (Å²) in [5, 5.41) is 15.8. The minimum Gasteiger partial charge on any atom is -0.508 e. The molecule has 3 atom stereocenters. The van der Waals surface area contributed by atoms with Crippen LogP contribution in [0, 0.1) is 12.8 Å². The van der Waals surface area contributed by atoms with E-state index in [1.165, 1.54) is 11.0 Å². The Morgan fingerprint density at radius 3 is 2.00 bits per heavy atom. The van der Waals surface area contributed by atoms with Crippen LogP contribution in [0.4, 0.5) is 4.79 Å². The molecule has 0 radical (unpaired) electrons. The molecule has 3 unspecified atom stereocenters. The average molecular weight is 626 g/mol. The van der Waals surface area contributed by atoms with Crippen LogP contribution in [-0.2, 0) is 30.3 Å². The fourth-order valence-electron chi connectivity index (χ4n) is 4.72. The van der Waals surface area contributed by atoms with Gasteiger partial charge < -0.3 is 30.1 Å². The molecule has 0 saturated heterocycles. The van der Waals surface area contributed by atoms with Gasteiger partial charge in [-0.1, -0.05) is 57.2 Å². The number of aryl methyl sites for hydroxylation is 1. The smallest absolute Gasteiger partial charge is 0.408 e. The lowest BCUT2D eigenvalue weighted by Crippen LogP contribution is -2.56. The molecule has 0 saturated carbocycles. The van der Waals surface area contributed by atoms with Crippen molar-refractivity contribution in [3.05, 3.63) is 65.2 Å². The SMILES string of the molecule is CCCN(C(=O)C(NC(=O)OC(C)(C)C)C(C)C)C(C(=O)NC(Cc1ccccc1)C(=O)OC(C)(C)C)c1ccc(O)c(C)c1. The number of phenols is 1. The Morgan fingerprint density at radius 1 is 0.889 bits per heavy atom. The third-order valence-electron chi connectivity index (χ3n) is 6.74. The first-order valence-electron chi connectivity index (χ1n) is 15.5. The topological polar surface area (TPSA) is 134 Å². The molecule has 2 aromatic rings. The molecule has 0 aliphatic rings. The molecule has 0 spiro atoms. The fraction of sp³-hybridized carbons (Fsp3) is 0.543. The normalized spacial score (nSPS) is 13.8. The zero-order valence-electron chi connectivity index (χ0n) is 28.4. The summed E-state index contributed by atoms with van der Waals surface area (Å²) in [4.78, 5) is 56.2. The molecule has 0 aliphatic heterocycles. The maximum Gasteiger partial charge on any atom is 0.408 e. The molecule has 3 N–H and O–H groups in total. The van der Waals surface area contributed by atoms with Gasteiger partial charge >= 0.3 is 12.1 Å². The number of phenolic OH excluding ortho intramolecular Hbond substituents is 1. The van der Waals surface area contributed by atoms with Crippen molar-refractivity contribution >= 4 is 23.9 Å². The lowest BCUT2D eigenvalue weighted by atomic mass is 9.97. The summed E-state index contributed by atoms with van der Waals surface area (Å²) >= 11 is 0. The van der Waals surface area contributed by atoms with Gasteiger partial charge in [-0.15, -0.1) is 0 Å². The maximum absolute atomic E-state index is 14.3. The van der Waals surface area contributed by atoms with Crippen LogP contribution in [0.2, 0.25) is 0 Å². The molecule has 0 aromatic heterocycles. The first-order valence-corrected chi connectivity index (χ1v) is 15.5. The summed E-state index contributed by atoms with van der Waals surface area (Å²) in [5.74, 6) is -2.01. The molecule has 2 rings (SSSR count). The van der Waals surface area contributed by atoms with E-state index in [1.807, 2.05) is 37.3 Å². The van der Waals surface area contributed by atoms with Gasteiger partial charge in [0.15, 0.2) is 0 Å². The molecule has 0 heterocycles. The van der Waals surface area contributed by atoms with E-state index in [0.717, 1.165) is 5.56 Å². The number of alkyl carbamates (subject to hydrolysis) is 1. The van der Waals surface area contributed by atoms with E-state index < -0.39 is 53.2 Å². The van der Waals surface area contributed by atoms with E-state index in [9.17, 15) is 24.3 Å². The molecule has 3 amide bonds. The first kappa shape index (κ1) is 37.1. The van der Waals surface area contributed by atoms with Crippen LogP contribution in [0.25, 0.3) is 0 Å². The van der Waals surface area contributed by atoms with Gasteiger partial charge in [0, 0.05) is 13.0 Å². The predicted octanol–water partition coefficient (Wildman–Crippen LogP) is 5.60. The van der Waals surface area contributed by atoms with Gasteiger partial charge in [-0.25, -0.2) is 9.59 Å². The van der Waals surface area contributed by atoms with Crippen LogP contribution in [0.15, 0.2) is 48.5 Å². The summed E-state index contributed by atoms with van der Waals surface area (Å²) in [6.45, 7) is 17.8. The average Bonchev–Trinajstić information content (AvgIpc) is 2.91. The molecule has 0 bridgehead atoms. The highest BCUT2D eigenvalue weighted by Crippen LogP contribution is 2.28. The maximum atomic E-state index is 14.3. The van der Waals surface area contributed by atoms with Gasteiger partial charge in [0.25, 0.3) is 0 Å². The van der Waals surface area contributed by atoms with E-state index in [-0.39, 0.29) is 24.6 Å². The fourth-order valence-corrected chi connectivity index (χ4v) is 4.72. The van der Waals surface area contributed by atoms with Crippen molar-refractivity contribution in [2.24, 2.45) is 5.92 Å². The molecule has 10 nitrogen and oxygen atoms in total. The van der Waals surface area contributed by atoms with Gasteiger partial charge in [0.2, 0.25) is 11.8 Å². The standard InChI is InChI=1S/C35H51N3O7/c1-11-19-38(31(41)28(22(2)3)37-33(43)45-35(8,9)10)29(25-17-18-27(39)23(4)20-25)30(40)36-26(32(42)44-34(5,6)7)21-24-15-13-12-14-16-24/h12-18,20,22,26,28-29,39H,11,19,21H2,1-10H3,(H,36,40)(H,37,43). The van der Waals surface area contributed by atoms with Gasteiger partial charge in [0.05, 0.1) is 0 Å². The third kappa shape index (κ3) is 11.7. The zero-order valence-corrected chi connectivity index (χ0v) is 28.4. The van der Waals surface area contributed by atoms with Crippen molar-refractivity contribution in [1.29, 1.82) is 0 Å². The van der Waals surface area contributed by atoms with E-state index in [0.29, 0.717) is 17.5 Å². The number of esters is 1. The molecule has 2 aromatic carbocycles. The summed E-state index contributed by atoms with van der Waals surface area (Å²) in [5.41, 5.74) is 0.181. The Hall–Kier alpha value is -4.08. The summed E-state index contributed by atoms with van der Waals surface area (Å²) in [6, 6.07) is 10.7. The summed E-state index contributed by atoms with van der Waals surface area (Å²) in [7, 11) is 0. The van der Waals surface area contributed by atoms with Crippen molar-refractivity contribution in [2.45, 2.75) is 111 Å². The van der Waals surface area contributed by atoms with Crippen LogP contribution in [-0.4, -0.2) is 63.7 Å². The Labute approximate surface area is 267 Å². The predicted molar refractivity (Wildman–Crippen MR) is 174 cm³/mol. The molecule has 248 valence electrons. The van der Waals surface area contributed by atoms with Gasteiger partial charge in [-0.2, -0.15) is 0 Å². The van der Waals surface area contributed by atoms with Crippen LogP contribution in [0.3, 0.4) is 0 Å². The van der Waals surface area contributed by atoms with Crippen LogP contribution in [0.1, 0.15) is 91.5 Å². The number of aromatic hydroxyl groups is 1. The largest absolute Gasteiger partial charge is 0.508 e. The lowest BCUT2D eigenvalue weighted by Gasteiger charge is -2.36. The minimum absolute atomic E-state index is 0.0358. The molecule has 0 fully saturated rings. The molecule has 0 aliphatic carbocycles. The van der Waals surface area contributed by atoms with Crippen LogP contribution >= 0.6 is 0 Å². The molecular weight excluding hydrogens is 574 g/mol. The van der Waals surface area contributed by atoms with E-state index in [1.54, 1.807) is 74.4 Å². The Morgan fingerprint density at radius 2 is 1.49 bits per heavy atom. The number of benzene rings is 2. The van der Waals surface area contributed by atoms with Crippen LogP contribution in [0.5, 0.6) is 5.75 Å². The van der Waals surface area contributed by atoms with Crippen molar-refractivity contribution in [3.63, 3.8) is 0 Å². The van der Waals surface area contributed by atoms with Crippen molar-refractivity contribution in [1.82, 2.24) is 15.5 Å². The third-order valence-corrected chi connectivity index (χ3v) is 6.74. The summed E-state index contributed by atoms with van der Waals surface area (Å²) < 4.78 is 11.1. The van der Waals surface area contributed by atoms with Gasteiger partial charge in [-0.05, 0) is 89.6 Å². The number of ether oxygens (including phenoxy) is 2. The number of carbonyl (C=O) groups is 4. The Kier molecular flexibility index (Phi) is 13.0. The monoisotopic (exact) mass is 625 g/mol. The minimum atomic E-state index is -1.20. The van der Waals surface area contributed by atoms with Gasteiger partial charge in [-0.3, -0.25) is 9.59 Å². The molecular formula is C35H51N3O7. The second-order valence-corrected chi connectivity index (χ2v) is 13.6. The number of nitrogens with one attached hydrogen (secondary N) is 2. The Bertz CT molecular complexity index is 1310. The number of carbonyl (C=O) groups excluding carboxylic acids is 4. The number of nitrogens with zero attached hydrogens (tertiary/aromatic N) is 1. The van der Waals surface area contributed by atoms with Crippen molar-refractivity contribution < 1.29 is 33.8 Å². The first-order chi connectivity index (χ1) is 20.8. The lowest BCUT2D eigenvalue weighted by molar-refractivity contribution is -0.159. The van der Waals surface area contributed by atoms with Crippen LogP contribution < -0.4 is 10.6 Å². The number of hydrogen-bond donors (Lipinski definition) is 3. The second-order valence-electron chi connectivity index (χ2n) is 13.6. The summed E-state index contributed by atoms with van der Waals surface area (Å²) in [6.07, 6.45) is -0.0803. The van der Waals surface area contributed by atoms with E-state index >= 15 is 0 Å². The number of rotatable bonds is 12. The highest BCUT2D eigenvalue weighted by molar-refractivity contribution is 5.94. The molecule has 45 heavy (non-hydrogen) atoms. The van der Waals surface area contributed by atoms with E-state index in [4.69, 9.17) is 9.47 Å². The highest BCUT2D eigenvalue weighted by Gasteiger charge is 2.39. The van der Waals surface area contributed by atoms with Gasteiger partial charge in [0.1, 0.15) is 35.1 Å². The van der Waals surface area contributed by atoms with E-state index in [2.05, 4.69) is 10.6 Å². The van der Waals surface area contributed by atoms with Crippen molar-refractivity contribution in [2.75, 3.05) is 6.54 Å². The Balaban J connectivity index is 2.60.